The average Bonchev–Trinajstić information content (AvgIpc) is 2.70. The molecule has 0 atom stereocenters. The van der Waals surface area contributed by atoms with Gasteiger partial charge in [0.15, 0.2) is 0 Å². The molecule has 2 amide bonds. The first-order valence-electron chi connectivity index (χ1n) is 8.50. The van der Waals surface area contributed by atoms with E-state index in [0.717, 1.165) is 8.95 Å². The molecule has 0 aliphatic heterocycles. The summed E-state index contributed by atoms with van der Waals surface area (Å²) in [7, 11) is 0. The van der Waals surface area contributed by atoms with Gasteiger partial charge in [0.1, 0.15) is 0 Å². The van der Waals surface area contributed by atoms with Gasteiger partial charge in [0.05, 0.1) is 22.5 Å². The van der Waals surface area contributed by atoms with Crippen LogP contribution < -0.4 is 10.6 Å². The van der Waals surface area contributed by atoms with Gasteiger partial charge in [0.2, 0.25) is 0 Å². The first-order valence-corrected chi connectivity index (χ1v) is 15.6. The molecule has 3 rings (SSSR count). The lowest BCUT2D eigenvalue weighted by Gasteiger charge is -2.17. The molecule has 0 fully saturated rings. The Labute approximate surface area is 265 Å². The van der Waals surface area contributed by atoms with Crippen molar-refractivity contribution in [2.75, 3.05) is 10.6 Å². The number of carbonyl (C=O) groups excluding carboxylic acids is 2. The molecule has 2 N–H and O–H groups in total. The fourth-order valence-electron chi connectivity index (χ4n) is 2.68. The molecule has 33 heavy (non-hydrogen) atoms. The number of benzene rings is 3. The van der Waals surface area contributed by atoms with E-state index < -0.39 is 11.8 Å². The first kappa shape index (κ1) is 28.5. The number of hydrogen-bond acceptors (Lipinski definition) is 2. The van der Waals surface area contributed by atoms with Gasteiger partial charge in [-0.2, -0.15) is 0 Å². The highest BCUT2D eigenvalue weighted by molar-refractivity contribution is 9.14. The smallest absolute Gasteiger partial charge is 0.257 e. The second-order valence-corrected chi connectivity index (χ2v) is 14.0. The number of halogens is 9. The highest BCUT2D eigenvalue weighted by atomic mass is 79.9. The third-order valence-corrected chi connectivity index (χ3v) is 10.8. The third-order valence-electron chi connectivity index (χ3n) is 4.12. The fraction of sp³-hybridized carbons (Fsp3) is 0. The monoisotopic (exact) mass is 1020 g/mol. The van der Waals surface area contributed by atoms with Gasteiger partial charge in [-0.3, -0.25) is 9.59 Å². The minimum Gasteiger partial charge on any atom is -0.320 e. The SMILES string of the molecule is O=C(Nc1c(Br)cc(Br)cc1Br)c1cc(Br)c(Br)c(Br)c1C(=O)Nc1c(Br)cc(Br)cc1Br. The molecule has 3 aromatic carbocycles. The summed E-state index contributed by atoms with van der Waals surface area (Å²) in [4.78, 5) is 26.8. The Kier molecular flexibility index (Phi) is 10.3. The second-order valence-electron chi connectivity index (χ2n) is 6.31. The predicted molar refractivity (Wildman–Crippen MR) is 165 cm³/mol. The predicted octanol–water partition coefficient (Wildman–Crippen LogP) is 11.1. The Bertz CT molecular complexity index is 1270. The Morgan fingerprint density at radius 2 is 0.909 bits per heavy atom. The summed E-state index contributed by atoms with van der Waals surface area (Å²) in [5, 5.41) is 5.74. The van der Waals surface area contributed by atoms with E-state index >= 15 is 0 Å². The van der Waals surface area contributed by atoms with Crippen LogP contribution in [0.4, 0.5) is 11.4 Å². The van der Waals surface area contributed by atoms with E-state index in [1.54, 1.807) is 6.07 Å². The van der Waals surface area contributed by atoms with Crippen LogP contribution in [0.5, 0.6) is 0 Å². The van der Waals surface area contributed by atoms with Gasteiger partial charge in [-0.1, -0.05) is 31.9 Å². The Balaban J connectivity index is 2.07. The molecular formula is C20H7Br9N2O2. The molecule has 0 spiro atoms. The molecule has 3 aromatic rings. The summed E-state index contributed by atoms with van der Waals surface area (Å²) < 4.78 is 5.97. The van der Waals surface area contributed by atoms with E-state index in [-0.39, 0.29) is 11.1 Å². The summed E-state index contributed by atoms with van der Waals surface area (Å²) in [6.45, 7) is 0. The van der Waals surface area contributed by atoms with Crippen LogP contribution in [-0.2, 0) is 0 Å². The summed E-state index contributed by atoms with van der Waals surface area (Å²) >= 11 is 31.0. The molecular weight excluding hydrogens is 1020 g/mol. The van der Waals surface area contributed by atoms with E-state index in [1.165, 1.54) is 0 Å². The maximum Gasteiger partial charge on any atom is 0.257 e. The van der Waals surface area contributed by atoms with Crippen molar-refractivity contribution in [3.8, 4) is 0 Å². The number of carbonyl (C=O) groups is 2. The zero-order valence-electron chi connectivity index (χ0n) is 15.6. The van der Waals surface area contributed by atoms with Crippen LogP contribution in [0.3, 0.4) is 0 Å². The highest BCUT2D eigenvalue weighted by Crippen LogP contribution is 2.40. The quantitative estimate of drug-likeness (QED) is 0.256. The first-order chi connectivity index (χ1) is 15.4. The van der Waals surface area contributed by atoms with Crippen LogP contribution in [-0.4, -0.2) is 11.8 Å². The van der Waals surface area contributed by atoms with Crippen molar-refractivity contribution in [3.05, 3.63) is 81.7 Å². The normalized spacial score (nSPS) is 10.8. The van der Waals surface area contributed by atoms with E-state index in [4.69, 9.17) is 0 Å². The molecule has 0 aromatic heterocycles. The van der Waals surface area contributed by atoms with Crippen LogP contribution in [0.15, 0.2) is 70.6 Å². The molecule has 0 aliphatic carbocycles. The summed E-state index contributed by atoms with van der Waals surface area (Å²) in [6, 6.07) is 8.83. The van der Waals surface area contributed by atoms with Gasteiger partial charge in [0, 0.05) is 40.3 Å². The Morgan fingerprint density at radius 1 is 0.515 bits per heavy atom. The summed E-state index contributed by atoms with van der Waals surface area (Å²) in [5.41, 5.74) is 1.39. The van der Waals surface area contributed by atoms with E-state index in [1.807, 2.05) is 24.3 Å². The fourth-order valence-corrected chi connectivity index (χ4v) is 9.20. The minimum atomic E-state index is -0.474. The average molecular weight is 1030 g/mol. The molecule has 0 aliphatic rings. The molecule has 0 radical (unpaired) electrons. The maximum absolute atomic E-state index is 13.4. The lowest BCUT2D eigenvalue weighted by Crippen LogP contribution is -2.22. The van der Waals surface area contributed by atoms with Crippen molar-refractivity contribution in [2.24, 2.45) is 0 Å². The van der Waals surface area contributed by atoms with Gasteiger partial charge >= 0.3 is 0 Å². The van der Waals surface area contributed by atoms with Crippen LogP contribution in [0, 0.1) is 0 Å². The van der Waals surface area contributed by atoms with Crippen LogP contribution in [0.1, 0.15) is 20.7 Å². The maximum atomic E-state index is 13.4. The van der Waals surface area contributed by atoms with Crippen molar-refractivity contribution in [3.63, 3.8) is 0 Å². The standard InChI is InChI=1S/C20H7Br9N2O2/c21-6-1-10(24)17(11(25)2-6)30-19(32)8-5-9(23)15(28)16(29)14(8)20(33)31-18-12(26)3-7(22)4-13(18)27/h1-5H,(H,30,32)(H,31,33). The molecule has 0 heterocycles. The zero-order valence-corrected chi connectivity index (χ0v) is 29.9. The topological polar surface area (TPSA) is 58.2 Å². The van der Waals surface area contributed by atoms with Crippen molar-refractivity contribution in [2.45, 2.75) is 0 Å². The van der Waals surface area contributed by atoms with E-state index in [2.05, 4.69) is 154 Å². The largest absolute Gasteiger partial charge is 0.320 e. The van der Waals surface area contributed by atoms with Crippen molar-refractivity contribution in [1.29, 1.82) is 0 Å². The highest BCUT2D eigenvalue weighted by Gasteiger charge is 2.26. The van der Waals surface area contributed by atoms with Crippen LogP contribution >= 0.6 is 143 Å². The number of hydrogen-bond donors (Lipinski definition) is 2. The van der Waals surface area contributed by atoms with Crippen molar-refractivity contribution < 1.29 is 9.59 Å². The van der Waals surface area contributed by atoms with Gasteiger partial charge in [0.25, 0.3) is 11.8 Å². The molecule has 0 saturated heterocycles. The van der Waals surface area contributed by atoms with Gasteiger partial charge in [-0.05, 0) is 142 Å². The lowest BCUT2D eigenvalue weighted by atomic mass is 10.1. The van der Waals surface area contributed by atoms with Gasteiger partial charge in [-0.15, -0.1) is 0 Å². The molecule has 0 bridgehead atoms. The molecule has 0 saturated carbocycles. The van der Waals surface area contributed by atoms with Gasteiger partial charge < -0.3 is 10.6 Å². The lowest BCUT2D eigenvalue weighted by molar-refractivity contribution is 0.0989. The number of nitrogens with one attached hydrogen (secondary N) is 2. The Morgan fingerprint density at radius 3 is 1.33 bits per heavy atom. The molecule has 4 nitrogen and oxygen atoms in total. The molecule has 13 heteroatoms. The Hall–Kier alpha value is 0.920. The molecule has 172 valence electrons. The summed E-state index contributed by atoms with van der Waals surface area (Å²) in [5.74, 6) is -0.940. The number of anilines is 2. The second kappa shape index (κ2) is 12.0. The van der Waals surface area contributed by atoms with Crippen molar-refractivity contribution >= 4 is 167 Å². The van der Waals surface area contributed by atoms with Crippen molar-refractivity contribution in [1.82, 2.24) is 0 Å². The van der Waals surface area contributed by atoms with E-state index in [0.29, 0.717) is 42.7 Å². The molecule has 0 unspecified atom stereocenters. The number of amides is 2. The van der Waals surface area contributed by atoms with Crippen LogP contribution in [0.2, 0.25) is 0 Å². The van der Waals surface area contributed by atoms with E-state index in [9.17, 15) is 9.59 Å². The zero-order chi connectivity index (χ0) is 24.6. The van der Waals surface area contributed by atoms with Crippen LogP contribution in [0.25, 0.3) is 0 Å². The van der Waals surface area contributed by atoms with Gasteiger partial charge in [-0.25, -0.2) is 0 Å². The summed E-state index contributed by atoms with van der Waals surface area (Å²) in [6.07, 6.45) is 0. The minimum absolute atomic E-state index is 0.161. The third kappa shape index (κ3) is 6.63. The number of rotatable bonds is 4.